The zero-order valence-corrected chi connectivity index (χ0v) is 19.5. The van der Waals surface area contributed by atoms with Gasteiger partial charge in [-0.05, 0) is 42.8 Å². The second-order valence-electron chi connectivity index (χ2n) is 8.42. The number of nitrogen functional groups attached to an aromatic ring is 1. The molecule has 1 aliphatic heterocycles. The summed E-state index contributed by atoms with van der Waals surface area (Å²) in [4.78, 5) is 20.4. The fraction of sp³-hybridized carbons (Fsp3) is 0.292. The molecule has 3 heterocycles. The normalized spacial score (nSPS) is 14.7. The predicted octanol–water partition coefficient (Wildman–Crippen LogP) is 3.20. The number of nitrogens with two attached hydrogens (primary N) is 1. The molecule has 188 valence electrons. The van der Waals surface area contributed by atoms with Crippen molar-refractivity contribution in [2.75, 3.05) is 49.6 Å². The molecule has 1 saturated heterocycles. The number of aromatic amines is 1. The second-order valence-corrected chi connectivity index (χ2v) is 8.42. The summed E-state index contributed by atoms with van der Waals surface area (Å²) in [5.74, 6) is 6.25. The van der Waals surface area contributed by atoms with Gasteiger partial charge in [0.2, 0.25) is 0 Å². The number of H-pyrrole nitrogens is 1. The topological polar surface area (TPSA) is 115 Å². The van der Waals surface area contributed by atoms with E-state index in [2.05, 4.69) is 42.6 Å². The minimum Gasteiger partial charge on any atom is -0.384 e. The molecule has 2 aromatic heterocycles. The van der Waals surface area contributed by atoms with Gasteiger partial charge in [-0.1, -0.05) is 12.0 Å². The summed E-state index contributed by atoms with van der Waals surface area (Å²) >= 11 is 0. The first-order valence-electron chi connectivity index (χ1n) is 11.1. The maximum Gasteiger partial charge on any atom is 0.416 e. The monoisotopic (exact) mass is 498 g/mol. The number of nitrogens with one attached hydrogen (secondary N) is 3. The number of alkyl halides is 3. The smallest absolute Gasteiger partial charge is 0.384 e. The number of piperazine rings is 1. The molecule has 1 fully saturated rings. The SMILES string of the molecule is CN1CCN(Cc2ccc(NC(=O)Nc3cc(C#Cc4ccc(N)nc4)[nH]n3)cc2C(F)(F)F)CC1. The number of aromatic nitrogens is 3. The van der Waals surface area contributed by atoms with Gasteiger partial charge < -0.3 is 16.0 Å². The Kier molecular flexibility index (Phi) is 7.42. The number of benzene rings is 1. The Hall–Kier alpha value is -4.08. The Bertz CT molecular complexity index is 1270. The van der Waals surface area contributed by atoms with Crippen LogP contribution in [-0.2, 0) is 12.7 Å². The number of likely N-dealkylation sites (N-methyl/N-ethyl adjacent to an activating group) is 1. The lowest BCUT2D eigenvalue weighted by molar-refractivity contribution is -0.138. The molecule has 5 N–H and O–H groups in total. The van der Waals surface area contributed by atoms with Crippen LogP contribution in [0.5, 0.6) is 0 Å². The molecule has 9 nitrogen and oxygen atoms in total. The molecular weight excluding hydrogens is 473 g/mol. The average molecular weight is 499 g/mol. The molecule has 0 bridgehead atoms. The fourth-order valence-electron chi connectivity index (χ4n) is 3.65. The number of hydrogen-bond donors (Lipinski definition) is 4. The molecule has 1 aliphatic rings. The van der Waals surface area contributed by atoms with E-state index in [1.54, 1.807) is 12.1 Å². The standard InChI is InChI=1S/C24H25F3N8O/c1-34-8-10-35(11-9-34)15-17-4-6-18(12-20(17)24(25,26)27)30-23(36)31-22-13-19(32-33-22)5-2-16-3-7-21(28)29-14-16/h3-4,6-7,12-14H,8-11,15H2,1H3,(H2,28,29)(H3,30,31,32,33,36). The Balaban J connectivity index is 1.39. The van der Waals surface area contributed by atoms with Crippen LogP contribution in [-0.4, -0.2) is 64.2 Å². The van der Waals surface area contributed by atoms with Crippen LogP contribution in [0, 0.1) is 11.8 Å². The van der Waals surface area contributed by atoms with E-state index in [0.29, 0.717) is 30.2 Å². The van der Waals surface area contributed by atoms with Gasteiger partial charge in [0.1, 0.15) is 11.5 Å². The zero-order valence-electron chi connectivity index (χ0n) is 19.5. The Morgan fingerprint density at radius 1 is 1.11 bits per heavy atom. The molecule has 36 heavy (non-hydrogen) atoms. The van der Waals surface area contributed by atoms with Gasteiger partial charge in [-0.25, -0.2) is 9.78 Å². The number of nitrogens with zero attached hydrogens (tertiary/aromatic N) is 4. The number of amides is 2. The van der Waals surface area contributed by atoms with E-state index in [1.807, 2.05) is 11.9 Å². The molecule has 0 saturated carbocycles. The summed E-state index contributed by atoms with van der Waals surface area (Å²) in [6, 6.07) is 7.92. The van der Waals surface area contributed by atoms with Crippen LogP contribution in [0.15, 0.2) is 42.6 Å². The molecular formula is C24H25F3N8O. The minimum absolute atomic E-state index is 0.0216. The van der Waals surface area contributed by atoms with Gasteiger partial charge in [0.25, 0.3) is 0 Å². The van der Waals surface area contributed by atoms with Crippen molar-refractivity contribution >= 4 is 23.4 Å². The van der Waals surface area contributed by atoms with Crippen molar-refractivity contribution in [2.24, 2.45) is 0 Å². The summed E-state index contributed by atoms with van der Waals surface area (Å²) in [6.45, 7) is 3.20. The van der Waals surface area contributed by atoms with Crippen molar-refractivity contribution in [1.82, 2.24) is 25.0 Å². The third-order valence-electron chi connectivity index (χ3n) is 5.61. The van der Waals surface area contributed by atoms with E-state index >= 15 is 0 Å². The van der Waals surface area contributed by atoms with E-state index in [1.165, 1.54) is 24.4 Å². The Morgan fingerprint density at radius 3 is 2.58 bits per heavy atom. The van der Waals surface area contributed by atoms with Gasteiger partial charge >= 0.3 is 12.2 Å². The van der Waals surface area contributed by atoms with E-state index in [9.17, 15) is 18.0 Å². The molecule has 2 amide bonds. The molecule has 3 aromatic rings. The largest absolute Gasteiger partial charge is 0.416 e. The van der Waals surface area contributed by atoms with Crippen LogP contribution in [0.4, 0.5) is 35.3 Å². The van der Waals surface area contributed by atoms with E-state index in [-0.39, 0.29) is 23.6 Å². The Labute approximate surface area is 205 Å². The number of rotatable bonds is 4. The predicted molar refractivity (Wildman–Crippen MR) is 130 cm³/mol. The van der Waals surface area contributed by atoms with Gasteiger partial charge in [-0.2, -0.15) is 18.3 Å². The third kappa shape index (κ3) is 6.74. The zero-order chi connectivity index (χ0) is 25.7. The van der Waals surface area contributed by atoms with Crippen LogP contribution in [0.1, 0.15) is 22.4 Å². The van der Waals surface area contributed by atoms with E-state index < -0.39 is 17.8 Å². The van der Waals surface area contributed by atoms with Gasteiger partial charge in [-0.15, -0.1) is 0 Å². The second kappa shape index (κ2) is 10.7. The molecule has 12 heteroatoms. The van der Waals surface area contributed by atoms with Crippen molar-refractivity contribution in [3.05, 3.63) is 65.0 Å². The van der Waals surface area contributed by atoms with Crippen molar-refractivity contribution in [1.29, 1.82) is 0 Å². The highest BCUT2D eigenvalue weighted by atomic mass is 19.4. The highest BCUT2D eigenvalue weighted by Gasteiger charge is 2.34. The molecule has 1 aromatic carbocycles. The van der Waals surface area contributed by atoms with E-state index in [0.717, 1.165) is 19.2 Å². The number of pyridine rings is 1. The summed E-state index contributed by atoms with van der Waals surface area (Å²) in [5, 5.41) is 11.5. The molecule has 0 unspecified atom stereocenters. The summed E-state index contributed by atoms with van der Waals surface area (Å²) < 4.78 is 41.3. The highest BCUT2D eigenvalue weighted by Crippen LogP contribution is 2.34. The number of anilines is 3. The van der Waals surface area contributed by atoms with Crippen LogP contribution >= 0.6 is 0 Å². The van der Waals surface area contributed by atoms with Crippen LogP contribution in [0.3, 0.4) is 0 Å². The summed E-state index contributed by atoms with van der Waals surface area (Å²) in [7, 11) is 1.99. The van der Waals surface area contributed by atoms with Crippen molar-refractivity contribution in [3.8, 4) is 11.8 Å². The quantitative estimate of drug-likeness (QED) is 0.411. The molecule has 0 atom stereocenters. The lowest BCUT2D eigenvalue weighted by atomic mass is 10.0. The molecule has 0 spiro atoms. The maximum absolute atomic E-state index is 13.8. The molecule has 0 radical (unpaired) electrons. The first-order valence-corrected chi connectivity index (χ1v) is 11.1. The Morgan fingerprint density at radius 2 is 1.89 bits per heavy atom. The van der Waals surface area contributed by atoms with Gasteiger partial charge in [0.05, 0.1) is 5.56 Å². The van der Waals surface area contributed by atoms with Crippen LogP contribution < -0.4 is 16.4 Å². The summed E-state index contributed by atoms with van der Waals surface area (Å²) in [6.07, 6.45) is -3.03. The average Bonchev–Trinajstić information content (AvgIpc) is 3.27. The lowest BCUT2D eigenvalue weighted by Crippen LogP contribution is -2.44. The lowest BCUT2D eigenvalue weighted by Gasteiger charge is -2.33. The maximum atomic E-state index is 13.8. The minimum atomic E-state index is -4.55. The van der Waals surface area contributed by atoms with Crippen molar-refractivity contribution < 1.29 is 18.0 Å². The number of halogens is 3. The molecule has 4 rings (SSSR count). The first kappa shape index (κ1) is 25.0. The van der Waals surface area contributed by atoms with Gasteiger partial charge in [-0.3, -0.25) is 15.3 Å². The van der Waals surface area contributed by atoms with Crippen molar-refractivity contribution in [2.45, 2.75) is 12.7 Å². The van der Waals surface area contributed by atoms with E-state index in [4.69, 9.17) is 5.73 Å². The van der Waals surface area contributed by atoms with Crippen molar-refractivity contribution in [3.63, 3.8) is 0 Å². The summed E-state index contributed by atoms with van der Waals surface area (Å²) in [5.41, 5.74) is 6.03. The van der Waals surface area contributed by atoms with Gasteiger partial charge in [0, 0.05) is 56.2 Å². The number of carbonyl (C=O) groups excluding carboxylic acids is 1. The number of urea groups is 1. The number of carbonyl (C=O) groups is 1. The van der Waals surface area contributed by atoms with Crippen LogP contribution in [0.25, 0.3) is 0 Å². The number of hydrogen-bond acceptors (Lipinski definition) is 6. The third-order valence-corrected chi connectivity index (χ3v) is 5.61. The first-order chi connectivity index (χ1) is 17.2. The molecule has 0 aliphatic carbocycles. The van der Waals surface area contributed by atoms with Crippen LogP contribution in [0.2, 0.25) is 0 Å². The fourth-order valence-corrected chi connectivity index (χ4v) is 3.65. The van der Waals surface area contributed by atoms with Gasteiger partial charge in [0.15, 0.2) is 5.82 Å². The highest BCUT2D eigenvalue weighted by molar-refractivity contribution is 5.99.